The fourth-order valence-electron chi connectivity index (χ4n) is 3.92. The predicted molar refractivity (Wildman–Crippen MR) is 194 cm³/mol. The van der Waals surface area contributed by atoms with Crippen LogP contribution in [-0.2, 0) is 23.7 Å². The summed E-state index contributed by atoms with van der Waals surface area (Å²) in [4.78, 5) is 71.4. The van der Waals surface area contributed by atoms with Crippen molar-refractivity contribution < 1.29 is 48.0 Å². The van der Waals surface area contributed by atoms with Gasteiger partial charge in [-0.3, -0.25) is 36.0 Å². The zero-order valence-corrected chi connectivity index (χ0v) is 32.7. The van der Waals surface area contributed by atoms with Crippen molar-refractivity contribution >= 4 is 42.3 Å². The number of hydrogen-bond acceptors (Lipinski definition) is 12. The number of aliphatic imine (C=N–C) groups is 2. The Kier molecular flexibility index (Phi) is 20.1. The van der Waals surface area contributed by atoms with Crippen LogP contribution in [0.25, 0.3) is 0 Å². The average Bonchev–Trinajstić information content (AvgIpc) is 2.87. The maximum absolute atomic E-state index is 12.4. The minimum absolute atomic E-state index is 0.0968. The number of nitrogens with one attached hydrogen (secondary N) is 4. The van der Waals surface area contributed by atoms with Crippen LogP contribution in [0.15, 0.2) is 9.98 Å². The highest BCUT2D eigenvalue weighted by atomic mass is 16.6. The van der Waals surface area contributed by atoms with Gasteiger partial charge >= 0.3 is 30.3 Å². The number of aliphatic carboxylic acids is 1. The molecule has 0 aromatic heterocycles. The number of rotatable bonds is 14. The summed E-state index contributed by atoms with van der Waals surface area (Å²) in [5, 5.41) is 18.8. The Morgan fingerprint density at radius 1 is 0.490 bits per heavy atom. The Labute approximate surface area is 303 Å². The van der Waals surface area contributed by atoms with Gasteiger partial charge in [0.2, 0.25) is 11.9 Å². The monoisotopic (exact) mass is 729 g/mol. The van der Waals surface area contributed by atoms with Crippen molar-refractivity contribution in [3.63, 3.8) is 0 Å². The van der Waals surface area contributed by atoms with Crippen LogP contribution in [0, 0.1) is 0 Å². The van der Waals surface area contributed by atoms with Crippen LogP contribution in [0.5, 0.6) is 0 Å². The van der Waals surface area contributed by atoms with Crippen molar-refractivity contribution in [1.82, 2.24) is 26.2 Å². The van der Waals surface area contributed by atoms with Gasteiger partial charge in [-0.05, 0) is 128 Å². The van der Waals surface area contributed by atoms with Gasteiger partial charge < -0.3 is 29.0 Å². The van der Waals surface area contributed by atoms with Gasteiger partial charge in [0, 0.05) is 19.5 Å². The summed E-state index contributed by atoms with van der Waals surface area (Å²) >= 11 is 0. The lowest BCUT2D eigenvalue weighted by molar-refractivity contribution is -0.137. The lowest BCUT2D eigenvalue weighted by Gasteiger charge is -2.23. The van der Waals surface area contributed by atoms with E-state index in [1.54, 1.807) is 83.1 Å². The summed E-state index contributed by atoms with van der Waals surface area (Å²) in [5.74, 6) is -1.07. The number of carbonyl (C=O) groups is 5. The Morgan fingerprint density at radius 3 is 1.06 bits per heavy atom. The normalized spacial score (nSPS) is 11.9. The molecule has 0 aliphatic carbocycles. The van der Waals surface area contributed by atoms with Crippen molar-refractivity contribution in [1.29, 1.82) is 0 Å². The third kappa shape index (κ3) is 30.4. The number of carboxylic acid groups (broad SMARTS) is 1. The van der Waals surface area contributed by atoms with Crippen LogP contribution in [-0.4, -0.2) is 107 Å². The number of hydrogen-bond donors (Lipinski definition) is 5. The van der Waals surface area contributed by atoms with E-state index in [9.17, 15) is 24.0 Å². The molecule has 294 valence electrons. The number of guanidine groups is 2. The first-order valence-corrected chi connectivity index (χ1v) is 17.3. The molecule has 0 aliphatic heterocycles. The summed E-state index contributed by atoms with van der Waals surface area (Å²) in [6.07, 6.45) is 0.0711. The van der Waals surface area contributed by atoms with E-state index in [1.807, 2.05) is 0 Å². The first kappa shape index (κ1) is 46.9. The Bertz CT molecular complexity index is 1050. The van der Waals surface area contributed by atoms with E-state index in [-0.39, 0.29) is 31.4 Å². The number of unbranched alkanes of at least 4 members (excludes halogenated alkanes) is 2. The molecule has 0 heterocycles. The number of ether oxygens (including phenoxy) is 4. The minimum Gasteiger partial charge on any atom is -0.481 e. The fraction of sp³-hybridized carbons (Fsp3) is 0.794. The van der Waals surface area contributed by atoms with Gasteiger partial charge in [0.05, 0.1) is 0 Å². The third-order valence-corrected chi connectivity index (χ3v) is 5.65. The smallest absolute Gasteiger partial charge is 0.414 e. The molecule has 0 saturated carbocycles. The van der Waals surface area contributed by atoms with E-state index in [4.69, 9.17) is 24.1 Å². The van der Waals surface area contributed by atoms with Crippen LogP contribution >= 0.6 is 0 Å². The lowest BCUT2D eigenvalue weighted by Crippen LogP contribution is -2.47. The predicted octanol–water partition coefficient (Wildman–Crippen LogP) is 5.52. The second-order valence-electron chi connectivity index (χ2n) is 15.7. The molecule has 0 rings (SSSR count). The molecule has 0 radical (unpaired) electrons. The first-order valence-electron chi connectivity index (χ1n) is 17.3. The van der Waals surface area contributed by atoms with Crippen molar-refractivity contribution in [3.8, 4) is 0 Å². The highest BCUT2D eigenvalue weighted by molar-refractivity contribution is 6.02. The molecule has 5 N–H and O–H groups in total. The molecular weight excluding hydrogens is 666 g/mol. The molecule has 0 saturated heterocycles. The average molecular weight is 730 g/mol. The zero-order valence-electron chi connectivity index (χ0n) is 32.7. The van der Waals surface area contributed by atoms with Crippen LogP contribution in [0.3, 0.4) is 0 Å². The molecule has 0 aromatic carbocycles. The molecule has 17 nitrogen and oxygen atoms in total. The molecule has 0 aromatic rings. The van der Waals surface area contributed by atoms with Crippen molar-refractivity contribution in [2.45, 2.75) is 144 Å². The Morgan fingerprint density at radius 2 is 0.784 bits per heavy atom. The molecule has 51 heavy (non-hydrogen) atoms. The first-order chi connectivity index (χ1) is 23.2. The van der Waals surface area contributed by atoms with E-state index in [0.717, 1.165) is 12.8 Å². The molecule has 0 atom stereocenters. The van der Waals surface area contributed by atoms with Crippen LogP contribution in [0.4, 0.5) is 19.2 Å². The molecule has 17 heteroatoms. The van der Waals surface area contributed by atoms with Gasteiger partial charge in [-0.25, -0.2) is 19.2 Å². The third-order valence-electron chi connectivity index (χ3n) is 5.65. The number of carboxylic acids is 1. The zero-order chi connectivity index (χ0) is 39.5. The highest BCUT2D eigenvalue weighted by Crippen LogP contribution is 2.10. The summed E-state index contributed by atoms with van der Waals surface area (Å²) in [6, 6.07) is 0. The number of amides is 4. The molecule has 4 amide bonds. The van der Waals surface area contributed by atoms with Gasteiger partial charge in [0.25, 0.3) is 0 Å². The standard InChI is InChI=1S/C34H63N7O10/c1-31(2,3)48-27(44)37-25(38-28(45)49-32(4,5)6)35-19-16-22-41(21-15-13-14-18-24(42)43)23-17-20-36-26(39-29(46)50-33(7,8)9)40-30(47)51-34(10,11)12/h13-23H2,1-12H3,(H,42,43)(H2,35,37,38,44,45)(H2,36,39,40,46,47). The minimum atomic E-state index is -0.839. The van der Waals surface area contributed by atoms with Crippen molar-refractivity contribution in [2.75, 3.05) is 32.7 Å². The van der Waals surface area contributed by atoms with E-state index < -0.39 is 52.7 Å². The van der Waals surface area contributed by atoms with Gasteiger partial charge in [-0.15, -0.1) is 0 Å². The molecule has 0 fully saturated rings. The molecule has 0 spiro atoms. The highest BCUT2D eigenvalue weighted by Gasteiger charge is 2.23. The Balaban J connectivity index is 5.66. The molecule has 0 unspecified atom stereocenters. The van der Waals surface area contributed by atoms with Gasteiger partial charge in [0.15, 0.2) is 0 Å². The molecule has 0 bridgehead atoms. The number of alkyl carbamates (subject to hydrolysis) is 4. The summed E-state index contributed by atoms with van der Waals surface area (Å²) in [7, 11) is 0. The summed E-state index contributed by atoms with van der Waals surface area (Å²) in [6.45, 7) is 22.8. The van der Waals surface area contributed by atoms with Gasteiger partial charge in [-0.1, -0.05) is 6.42 Å². The lowest BCUT2D eigenvalue weighted by atomic mass is 10.2. The topological polar surface area (TPSA) is 219 Å². The Hall–Kier alpha value is -4.15. The second kappa shape index (κ2) is 21.9. The maximum Gasteiger partial charge on any atom is 0.414 e. The van der Waals surface area contributed by atoms with Gasteiger partial charge in [0.1, 0.15) is 22.4 Å². The fourth-order valence-corrected chi connectivity index (χ4v) is 3.92. The van der Waals surface area contributed by atoms with E-state index >= 15 is 0 Å². The largest absolute Gasteiger partial charge is 0.481 e. The van der Waals surface area contributed by atoms with Crippen LogP contribution in [0.2, 0.25) is 0 Å². The summed E-state index contributed by atoms with van der Waals surface area (Å²) < 4.78 is 21.2. The van der Waals surface area contributed by atoms with Crippen LogP contribution < -0.4 is 21.3 Å². The maximum atomic E-state index is 12.4. The quantitative estimate of drug-likeness (QED) is 0.0648. The van der Waals surface area contributed by atoms with E-state index in [2.05, 4.69) is 36.2 Å². The molecular formula is C34H63N7O10. The second-order valence-corrected chi connectivity index (χ2v) is 15.7. The van der Waals surface area contributed by atoms with E-state index in [0.29, 0.717) is 38.9 Å². The number of nitrogens with zero attached hydrogens (tertiary/aromatic N) is 3. The molecule has 0 aliphatic rings. The van der Waals surface area contributed by atoms with Crippen molar-refractivity contribution in [3.05, 3.63) is 0 Å². The summed E-state index contributed by atoms with van der Waals surface area (Å²) in [5.41, 5.74) is -3.08. The van der Waals surface area contributed by atoms with Crippen LogP contribution in [0.1, 0.15) is 122 Å². The van der Waals surface area contributed by atoms with Crippen molar-refractivity contribution in [2.24, 2.45) is 9.98 Å². The SMILES string of the molecule is CC(C)(C)OC(=O)NC(=NCCCN(CCCCCC(=O)O)CCCN=C(NC(=O)OC(C)(C)C)NC(=O)OC(C)(C)C)NC(=O)OC(C)(C)C. The number of carbonyl (C=O) groups excluding carboxylic acids is 4. The van der Waals surface area contributed by atoms with Gasteiger partial charge in [-0.2, -0.15) is 0 Å². The van der Waals surface area contributed by atoms with E-state index in [1.165, 1.54) is 0 Å².